The molecule has 2 rings (SSSR count). The van der Waals surface area contributed by atoms with Crippen molar-refractivity contribution in [3.8, 4) is 0 Å². The Morgan fingerprint density at radius 3 is 2.72 bits per heavy atom. The Bertz CT molecular complexity index is 456. The molecule has 0 amide bonds. The molecule has 0 fully saturated rings. The van der Waals surface area contributed by atoms with Gasteiger partial charge in [-0.1, -0.05) is 30.4 Å². The van der Waals surface area contributed by atoms with E-state index in [1.165, 1.54) is 16.7 Å². The number of aliphatic hydroxyl groups excluding tert-OH is 2. The summed E-state index contributed by atoms with van der Waals surface area (Å²) in [4.78, 5) is 1.94. The fourth-order valence-corrected chi connectivity index (χ4v) is 2.88. The van der Waals surface area contributed by atoms with Crippen molar-refractivity contribution in [2.24, 2.45) is 0 Å². The van der Waals surface area contributed by atoms with E-state index >= 15 is 0 Å². The van der Waals surface area contributed by atoms with E-state index in [-0.39, 0.29) is 25.4 Å². The van der Waals surface area contributed by atoms with Crippen LogP contribution >= 0.6 is 0 Å². The van der Waals surface area contributed by atoms with Gasteiger partial charge >= 0.3 is 0 Å². The lowest BCUT2D eigenvalue weighted by molar-refractivity contribution is 0.00326. The first-order valence-electron chi connectivity index (χ1n) is 6.35. The summed E-state index contributed by atoms with van der Waals surface area (Å²) in [5, 5.41) is 19.0. The third kappa shape index (κ3) is 2.09. The van der Waals surface area contributed by atoms with Crippen molar-refractivity contribution >= 4 is 5.57 Å². The van der Waals surface area contributed by atoms with Gasteiger partial charge in [0.05, 0.1) is 13.3 Å². The van der Waals surface area contributed by atoms with Crippen molar-refractivity contribution in [2.45, 2.75) is 32.4 Å². The maximum Gasteiger partial charge on any atom is 0.0964 e. The minimum atomic E-state index is -0.0247. The van der Waals surface area contributed by atoms with E-state index in [4.69, 9.17) is 0 Å². The van der Waals surface area contributed by atoms with Gasteiger partial charge in [-0.2, -0.15) is 0 Å². The van der Waals surface area contributed by atoms with E-state index in [1.54, 1.807) is 0 Å². The maximum absolute atomic E-state index is 9.49. The van der Waals surface area contributed by atoms with Gasteiger partial charge < -0.3 is 10.2 Å². The predicted molar refractivity (Wildman–Crippen MR) is 73.1 cm³/mol. The Labute approximate surface area is 108 Å². The Kier molecular flexibility index (Phi) is 3.85. The molecule has 0 saturated heterocycles. The van der Waals surface area contributed by atoms with E-state index in [2.05, 4.69) is 25.6 Å². The van der Waals surface area contributed by atoms with Crippen LogP contribution in [-0.4, -0.2) is 34.5 Å². The molecule has 2 atom stereocenters. The molecule has 0 bridgehead atoms. The summed E-state index contributed by atoms with van der Waals surface area (Å²) in [6.07, 6.45) is 0.764. The van der Waals surface area contributed by atoms with Crippen LogP contribution < -0.4 is 0 Å². The minimum absolute atomic E-state index is 0.0157. The van der Waals surface area contributed by atoms with E-state index in [0.29, 0.717) is 0 Å². The highest BCUT2D eigenvalue weighted by atomic mass is 16.3. The van der Waals surface area contributed by atoms with Crippen LogP contribution in [0.3, 0.4) is 0 Å². The van der Waals surface area contributed by atoms with E-state index in [0.717, 1.165) is 12.0 Å². The fraction of sp³-hybridized carbons (Fsp3) is 0.467. The zero-order valence-electron chi connectivity index (χ0n) is 11.1. The molecule has 0 unspecified atom stereocenters. The highest BCUT2D eigenvalue weighted by Crippen LogP contribution is 2.35. The van der Waals surface area contributed by atoms with Crippen molar-refractivity contribution in [2.75, 3.05) is 13.3 Å². The van der Waals surface area contributed by atoms with Crippen LogP contribution in [0, 0.1) is 0 Å². The molecular formula is C15H21NO2. The van der Waals surface area contributed by atoms with Crippen LogP contribution in [0.25, 0.3) is 5.57 Å². The molecule has 1 aromatic rings. The molecule has 3 nitrogen and oxygen atoms in total. The quantitative estimate of drug-likeness (QED) is 0.858. The van der Waals surface area contributed by atoms with Gasteiger partial charge in [0.2, 0.25) is 0 Å². The molecule has 0 aromatic heterocycles. The Morgan fingerprint density at radius 1 is 1.44 bits per heavy atom. The summed E-state index contributed by atoms with van der Waals surface area (Å²) in [7, 11) is 0. The number of hydrogen-bond donors (Lipinski definition) is 2. The molecule has 98 valence electrons. The number of fused-ring (bicyclic) bond motifs is 1. The molecule has 0 radical (unpaired) electrons. The van der Waals surface area contributed by atoms with Crippen LogP contribution in [0.4, 0.5) is 0 Å². The second kappa shape index (κ2) is 5.22. The van der Waals surface area contributed by atoms with Crippen molar-refractivity contribution in [3.63, 3.8) is 0 Å². The van der Waals surface area contributed by atoms with E-state index < -0.39 is 0 Å². The molecule has 3 heteroatoms. The smallest absolute Gasteiger partial charge is 0.0964 e. The largest absolute Gasteiger partial charge is 0.395 e. The summed E-state index contributed by atoms with van der Waals surface area (Å²) in [6.45, 7) is 8.14. The highest BCUT2D eigenvalue weighted by molar-refractivity contribution is 5.66. The average Bonchev–Trinajstić information content (AvgIpc) is 2.37. The zero-order chi connectivity index (χ0) is 13.3. The third-order valence-corrected chi connectivity index (χ3v) is 3.90. The normalized spacial score (nSPS) is 23.8. The van der Waals surface area contributed by atoms with Crippen LogP contribution in [0.5, 0.6) is 0 Å². The Balaban J connectivity index is 2.50. The summed E-state index contributed by atoms with van der Waals surface area (Å²) < 4.78 is 0. The minimum Gasteiger partial charge on any atom is -0.395 e. The topological polar surface area (TPSA) is 43.7 Å². The Hall–Kier alpha value is -1.16. The monoisotopic (exact) mass is 247 g/mol. The standard InChI is InChI=1S/C15H21NO2/c1-10(2)13-5-4-6-14-11(3)16(9-18)12(8-17)7-15(13)14/h4-6,11-12,17-18H,1,7-9H2,2-3H3/t11-,12+/m0/s1. The third-order valence-electron chi connectivity index (χ3n) is 3.90. The molecule has 0 spiro atoms. The molecule has 2 N–H and O–H groups in total. The number of aliphatic hydroxyl groups is 2. The highest BCUT2D eigenvalue weighted by Gasteiger charge is 2.31. The molecule has 18 heavy (non-hydrogen) atoms. The summed E-state index contributed by atoms with van der Waals surface area (Å²) >= 11 is 0. The number of rotatable bonds is 3. The summed E-state index contributed by atoms with van der Waals surface area (Å²) in [5.41, 5.74) is 4.72. The fourth-order valence-electron chi connectivity index (χ4n) is 2.88. The molecule has 1 heterocycles. The van der Waals surface area contributed by atoms with E-state index in [9.17, 15) is 10.2 Å². The van der Waals surface area contributed by atoms with Crippen molar-refractivity contribution < 1.29 is 10.2 Å². The van der Waals surface area contributed by atoms with Gasteiger partial charge in [0.15, 0.2) is 0 Å². The average molecular weight is 247 g/mol. The first-order valence-corrected chi connectivity index (χ1v) is 6.35. The second-order valence-corrected chi connectivity index (χ2v) is 5.03. The first-order chi connectivity index (χ1) is 8.60. The summed E-state index contributed by atoms with van der Waals surface area (Å²) in [5.74, 6) is 0. The van der Waals surface area contributed by atoms with Gasteiger partial charge in [0.25, 0.3) is 0 Å². The molecular weight excluding hydrogens is 226 g/mol. The van der Waals surface area contributed by atoms with Gasteiger partial charge in [-0.15, -0.1) is 0 Å². The number of allylic oxidation sites excluding steroid dienone is 1. The zero-order valence-corrected chi connectivity index (χ0v) is 11.1. The lowest BCUT2D eigenvalue weighted by Gasteiger charge is -2.40. The summed E-state index contributed by atoms with van der Waals surface area (Å²) in [6, 6.07) is 6.32. The Morgan fingerprint density at radius 2 is 2.17 bits per heavy atom. The lowest BCUT2D eigenvalue weighted by Crippen LogP contribution is -2.45. The van der Waals surface area contributed by atoms with Crippen LogP contribution in [0.1, 0.15) is 36.6 Å². The number of nitrogens with zero attached hydrogens (tertiary/aromatic N) is 1. The predicted octanol–water partition coefficient (Wildman–Crippen LogP) is 1.95. The van der Waals surface area contributed by atoms with Gasteiger partial charge in [0.1, 0.15) is 0 Å². The second-order valence-electron chi connectivity index (χ2n) is 5.03. The van der Waals surface area contributed by atoms with Crippen LogP contribution in [-0.2, 0) is 6.42 Å². The van der Waals surface area contributed by atoms with Crippen molar-refractivity contribution in [1.82, 2.24) is 4.90 Å². The van der Waals surface area contributed by atoms with Crippen molar-refractivity contribution in [3.05, 3.63) is 41.5 Å². The van der Waals surface area contributed by atoms with Gasteiger partial charge in [-0.3, -0.25) is 4.90 Å². The first kappa shape index (κ1) is 13.3. The maximum atomic E-state index is 9.49. The van der Waals surface area contributed by atoms with Gasteiger partial charge in [0, 0.05) is 12.1 Å². The lowest BCUT2D eigenvalue weighted by atomic mass is 9.84. The van der Waals surface area contributed by atoms with Gasteiger partial charge in [-0.05, 0) is 37.0 Å². The molecule has 0 saturated carbocycles. The van der Waals surface area contributed by atoms with Gasteiger partial charge in [-0.25, -0.2) is 0 Å². The van der Waals surface area contributed by atoms with E-state index in [1.807, 2.05) is 17.9 Å². The number of benzene rings is 1. The molecule has 1 aliphatic rings. The number of hydrogen-bond acceptors (Lipinski definition) is 3. The van der Waals surface area contributed by atoms with Crippen LogP contribution in [0.15, 0.2) is 24.8 Å². The molecule has 1 aliphatic heterocycles. The van der Waals surface area contributed by atoms with Crippen molar-refractivity contribution in [1.29, 1.82) is 0 Å². The molecule has 0 aliphatic carbocycles. The molecule has 1 aromatic carbocycles. The SMILES string of the molecule is C=C(C)c1cccc2c1C[C@H](CO)N(CO)[C@H]2C. The van der Waals surface area contributed by atoms with Crippen LogP contribution in [0.2, 0.25) is 0 Å².